The van der Waals surface area contributed by atoms with E-state index in [0.29, 0.717) is 11.4 Å². The zero-order valence-corrected chi connectivity index (χ0v) is 30.4. The lowest BCUT2D eigenvalue weighted by Gasteiger charge is -2.01. The van der Waals surface area contributed by atoms with Gasteiger partial charge in [-0.15, -0.1) is 0 Å². The fourth-order valence-electron chi connectivity index (χ4n) is 5.54. The van der Waals surface area contributed by atoms with E-state index < -0.39 is 4.92 Å². The third-order valence-electron chi connectivity index (χ3n) is 8.59. The van der Waals surface area contributed by atoms with Crippen molar-refractivity contribution in [3.63, 3.8) is 0 Å². The number of hydrogen-bond acceptors (Lipinski definition) is 5. The Bertz CT molecular complexity index is 1250. The van der Waals surface area contributed by atoms with Crippen molar-refractivity contribution in [2.24, 2.45) is 0 Å². The molecule has 2 aromatic carbocycles. The molecule has 0 saturated heterocycles. The van der Waals surface area contributed by atoms with Crippen LogP contribution in [0.15, 0.2) is 36.4 Å². The van der Waals surface area contributed by atoms with Crippen molar-refractivity contribution in [3.05, 3.63) is 57.6 Å². The SMILES string of the molecule is CCCCCCCCCCCCCC#Cc1ccc(N)c(N)c1.CCCCCCCCCCCCCC#Cc1ccc([N+](=O)[O-])c(N)c1. The molecule has 0 spiro atoms. The van der Waals surface area contributed by atoms with Gasteiger partial charge in [0.25, 0.3) is 5.69 Å². The zero-order chi connectivity index (χ0) is 35.1. The molecule has 2 rings (SSSR count). The standard InChI is InChI=1S/C21H32N2O2.C21H34N2/c1-2-3-4-5-6-7-8-9-10-11-12-13-14-15-19-16-17-21(23(24)25)20(22)18-19;1-2-3-4-5-6-7-8-9-10-11-12-13-14-15-19-16-17-20(22)21(23)18-19/h16-18H,2-13,22H2,1H3;16-18H,2-13,22-23H2,1H3. The Labute approximate surface area is 293 Å². The number of nitro benzene ring substituents is 1. The molecule has 6 heteroatoms. The first-order valence-corrected chi connectivity index (χ1v) is 19.1. The molecule has 0 aliphatic carbocycles. The minimum atomic E-state index is -0.474. The predicted molar refractivity (Wildman–Crippen MR) is 209 cm³/mol. The van der Waals surface area contributed by atoms with Gasteiger partial charge in [-0.3, -0.25) is 10.1 Å². The molecule has 0 saturated carbocycles. The summed E-state index contributed by atoms with van der Waals surface area (Å²) < 4.78 is 0. The van der Waals surface area contributed by atoms with Crippen molar-refractivity contribution < 1.29 is 4.92 Å². The van der Waals surface area contributed by atoms with Crippen molar-refractivity contribution in [3.8, 4) is 23.7 Å². The van der Waals surface area contributed by atoms with E-state index in [1.807, 2.05) is 18.2 Å². The second kappa shape index (κ2) is 29.5. The van der Waals surface area contributed by atoms with Crippen LogP contribution >= 0.6 is 0 Å². The Balaban J connectivity index is 0.000000482. The number of unbranched alkanes of at least 4 members (excludes halogenated alkanes) is 22. The maximum Gasteiger partial charge on any atom is 0.292 e. The van der Waals surface area contributed by atoms with Crippen LogP contribution in [0.2, 0.25) is 0 Å². The number of nitrogens with zero attached hydrogens (tertiary/aromatic N) is 1. The number of nitrogen functional groups attached to an aromatic ring is 3. The molecule has 0 aromatic heterocycles. The number of anilines is 3. The number of nitro groups is 1. The monoisotopic (exact) mass is 659 g/mol. The Kier molecular flexibility index (Phi) is 26.0. The fourth-order valence-corrected chi connectivity index (χ4v) is 5.54. The van der Waals surface area contributed by atoms with Crippen molar-refractivity contribution in [1.29, 1.82) is 0 Å². The zero-order valence-electron chi connectivity index (χ0n) is 30.4. The number of nitrogens with two attached hydrogens (primary N) is 3. The van der Waals surface area contributed by atoms with E-state index in [9.17, 15) is 10.1 Å². The minimum absolute atomic E-state index is 0.0593. The van der Waals surface area contributed by atoms with Gasteiger partial charge in [-0.05, 0) is 43.2 Å². The molecule has 0 aliphatic rings. The van der Waals surface area contributed by atoms with Gasteiger partial charge >= 0.3 is 0 Å². The van der Waals surface area contributed by atoms with E-state index in [0.717, 1.165) is 30.4 Å². The van der Waals surface area contributed by atoms with Crippen LogP contribution in [-0.2, 0) is 0 Å². The Morgan fingerprint density at radius 1 is 0.500 bits per heavy atom. The number of hydrogen-bond donors (Lipinski definition) is 3. The summed E-state index contributed by atoms with van der Waals surface area (Å²) in [5.41, 5.74) is 20.2. The van der Waals surface area contributed by atoms with Crippen LogP contribution in [-0.4, -0.2) is 4.92 Å². The maximum absolute atomic E-state index is 10.7. The molecule has 0 aliphatic heterocycles. The smallest absolute Gasteiger partial charge is 0.292 e. The summed E-state index contributed by atoms with van der Waals surface area (Å²) in [6.45, 7) is 4.53. The average Bonchev–Trinajstić information content (AvgIpc) is 3.07. The molecule has 0 amide bonds. The lowest BCUT2D eigenvalue weighted by molar-refractivity contribution is -0.383. The minimum Gasteiger partial charge on any atom is -0.397 e. The summed E-state index contributed by atoms with van der Waals surface area (Å²) >= 11 is 0. The first-order chi connectivity index (χ1) is 23.4. The Morgan fingerprint density at radius 3 is 1.21 bits per heavy atom. The van der Waals surface area contributed by atoms with E-state index in [1.165, 1.54) is 141 Å². The summed E-state index contributed by atoms with van der Waals surface area (Å²) in [4.78, 5) is 10.2. The van der Waals surface area contributed by atoms with Gasteiger partial charge in [-0.25, -0.2) is 0 Å². The summed E-state index contributed by atoms with van der Waals surface area (Å²) in [5, 5.41) is 10.7. The Hall–Kier alpha value is -3.64. The molecule has 0 fully saturated rings. The van der Waals surface area contributed by atoms with Gasteiger partial charge < -0.3 is 17.2 Å². The second-order valence-corrected chi connectivity index (χ2v) is 13.0. The van der Waals surface area contributed by atoms with Crippen molar-refractivity contribution in [2.45, 2.75) is 168 Å². The van der Waals surface area contributed by atoms with Crippen LogP contribution in [0.4, 0.5) is 22.7 Å². The molecular formula is C42H66N4O2. The molecule has 6 nitrogen and oxygen atoms in total. The maximum atomic E-state index is 10.7. The highest BCUT2D eigenvalue weighted by atomic mass is 16.6. The van der Waals surface area contributed by atoms with E-state index in [-0.39, 0.29) is 11.4 Å². The summed E-state index contributed by atoms with van der Waals surface area (Å²) in [6, 6.07) is 10.2. The number of rotatable bonds is 23. The van der Waals surface area contributed by atoms with Gasteiger partial charge in [-0.1, -0.05) is 166 Å². The largest absolute Gasteiger partial charge is 0.397 e. The van der Waals surface area contributed by atoms with Crippen molar-refractivity contribution in [2.75, 3.05) is 17.2 Å². The van der Waals surface area contributed by atoms with Gasteiger partial charge in [0.2, 0.25) is 0 Å². The van der Waals surface area contributed by atoms with Crippen LogP contribution < -0.4 is 17.2 Å². The van der Waals surface area contributed by atoms with E-state index in [1.54, 1.807) is 12.1 Å². The molecule has 6 N–H and O–H groups in total. The van der Waals surface area contributed by atoms with Gasteiger partial charge in [-0.2, -0.15) is 0 Å². The molecule has 0 radical (unpaired) electrons. The molecule has 48 heavy (non-hydrogen) atoms. The van der Waals surface area contributed by atoms with Gasteiger partial charge in [0, 0.05) is 30.0 Å². The number of benzene rings is 2. The first kappa shape index (κ1) is 42.4. The lowest BCUT2D eigenvalue weighted by atomic mass is 10.1. The van der Waals surface area contributed by atoms with Crippen LogP contribution in [0.5, 0.6) is 0 Å². The normalized spacial score (nSPS) is 10.3. The van der Waals surface area contributed by atoms with Gasteiger partial charge in [0.15, 0.2) is 0 Å². The van der Waals surface area contributed by atoms with Crippen LogP contribution in [0.25, 0.3) is 0 Å². The summed E-state index contributed by atoms with van der Waals surface area (Å²) in [6.07, 6.45) is 31.5. The third-order valence-corrected chi connectivity index (χ3v) is 8.59. The predicted octanol–water partition coefficient (Wildman–Crippen LogP) is 12.1. The van der Waals surface area contributed by atoms with E-state index >= 15 is 0 Å². The van der Waals surface area contributed by atoms with E-state index in [2.05, 4.69) is 37.5 Å². The fraction of sp³-hybridized carbons (Fsp3) is 0.619. The van der Waals surface area contributed by atoms with Crippen LogP contribution in [0, 0.1) is 33.8 Å². The van der Waals surface area contributed by atoms with Crippen molar-refractivity contribution >= 4 is 22.7 Å². The van der Waals surface area contributed by atoms with Crippen molar-refractivity contribution in [1.82, 2.24) is 0 Å². The molecule has 2 aromatic rings. The summed E-state index contributed by atoms with van der Waals surface area (Å²) in [7, 11) is 0. The van der Waals surface area contributed by atoms with Gasteiger partial charge in [0.1, 0.15) is 5.69 Å². The third kappa shape index (κ3) is 22.8. The van der Waals surface area contributed by atoms with Crippen LogP contribution in [0.1, 0.15) is 179 Å². The first-order valence-electron chi connectivity index (χ1n) is 19.1. The second-order valence-electron chi connectivity index (χ2n) is 13.0. The molecule has 0 bridgehead atoms. The molecule has 266 valence electrons. The molecular weight excluding hydrogens is 592 g/mol. The van der Waals surface area contributed by atoms with E-state index in [4.69, 9.17) is 17.2 Å². The highest BCUT2D eigenvalue weighted by Crippen LogP contribution is 2.21. The van der Waals surface area contributed by atoms with Crippen LogP contribution in [0.3, 0.4) is 0 Å². The van der Waals surface area contributed by atoms with Gasteiger partial charge in [0.05, 0.1) is 16.3 Å². The topological polar surface area (TPSA) is 121 Å². The molecule has 0 heterocycles. The summed E-state index contributed by atoms with van der Waals surface area (Å²) in [5.74, 6) is 12.6. The highest BCUT2D eigenvalue weighted by molar-refractivity contribution is 5.65. The quantitative estimate of drug-likeness (QED) is 0.0360. The average molecular weight is 659 g/mol. The molecule has 0 atom stereocenters. The Morgan fingerprint density at radius 2 is 0.854 bits per heavy atom. The highest BCUT2D eigenvalue weighted by Gasteiger charge is 2.10. The lowest BCUT2D eigenvalue weighted by Crippen LogP contribution is -1.95. The molecule has 0 unspecified atom stereocenters.